The Morgan fingerprint density at radius 3 is 2.33 bits per heavy atom. The van der Waals surface area contributed by atoms with Crippen molar-refractivity contribution < 1.29 is 4.74 Å². The van der Waals surface area contributed by atoms with Gasteiger partial charge in [-0.15, -0.1) is 0 Å². The Labute approximate surface area is 93.5 Å². The molecule has 0 bridgehead atoms. The summed E-state index contributed by atoms with van der Waals surface area (Å²) in [4.78, 5) is 0. The second-order valence-electron chi connectivity index (χ2n) is 4.67. The van der Waals surface area contributed by atoms with E-state index in [1.807, 2.05) is 0 Å². The number of hydrogen-bond donors (Lipinski definition) is 0. The summed E-state index contributed by atoms with van der Waals surface area (Å²) in [6.45, 7) is 8.74. The van der Waals surface area contributed by atoms with Crippen molar-refractivity contribution in [1.29, 1.82) is 0 Å². The molecular weight excluding hydrogens is 184 g/mol. The van der Waals surface area contributed by atoms with Crippen molar-refractivity contribution in [3.05, 3.63) is 35.2 Å². The lowest BCUT2D eigenvalue weighted by molar-refractivity contribution is 0.413. The molecule has 0 fully saturated rings. The highest BCUT2D eigenvalue weighted by Crippen LogP contribution is 2.23. The van der Waals surface area contributed by atoms with E-state index in [1.165, 1.54) is 17.0 Å². The summed E-state index contributed by atoms with van der Waals surface area (Å²) in [6, 6.07) is 6.49. The summed E-state index contributed by atoms with van der Waals surface area (Å²) < 4.78 is 5.31. The fraction of sp³-hybridized carbons (Fsp3) is 0.500. The predicted octanol–water partition coefficient (Wildman–Crippen LogP) is 3.86. The summed E-state index contributed by atoms with van der Waals surface area (Å²) in [5.74, 6) is 2.98. The number of methoxy groups -OCH3 is 1. The number of rotatable bonds is 4. The average Bonchev–Trinajstić information content (AvgIpc) is 2.16. The van der Waals surface area contributed by atoms with Gasteiger partial charge in [-0.1, -0.05) is 33.8 Å². The van der Waals surface area contributed by atoms with Gasteiger partial charge in [0.1, 0.15) is 5.75 Å². The van der Waals surface area contributed by atoms with E-state index in [-0.39, 0.29) is 0 Å². The second-order valence-corrected chi connectivity index (χ2v) is 4.67. The van der Waals surface area contributed by atoms with Crippen LogP contribution in [0.15, 0.2) is 18.2 Å². The minimum Gasteiger partial charge on any atom is -0.497 e. The van der Waals surface area contributed by atoms with Crippen LogP contribution in [0.5, 0.6) is 5.75 Å². The smallest absolute Gasteiger partial charge is 0.119 e. The topological polar surface area (TPSA) is 9.23 Å². The lowest BCUT2D eigenvalue weighted by atomic mass is 9.96. The van der Waals surface area contributed by atoms with Crippen LogP contribution in [0.3, 0.4) is 0 Å². The van der Waals surface area contributed by atoms with Gasteiger partial charge in [0, 0.05) is 0 Å². The maximum Gasteiger partial charge on any atom is 0.119 e. The highest BCUT2D eigenvalue weighted by Gasteiger charge is 2.06. The zero-order valence-corrected chi connectivity index (χ0v) is 10.4. The molecule has 0 atom stereocenters. The summed E-state index contributed by atoms with van der Waals surface area (Å²) in [6.07, 6.45) is 1.11. The van der Waals surface area contributed by atoms with Gasteiger partial charge >= 0.3 is 0 Å². The number of benzene rings is 1. The number of ether oxygens (including phenoxy) is 1. The number of hydrogen-bond acceptors (Lipinski definition) is 1. The molecule has 0 N–H and O–H groups in total. The normalized spacial score (nSPS) is 11.1. The molecule has 0 heterocycles. The maximum atomic E-state index is 5.31. The standard InChI is InChI=1S/C14H21O/c1-10(2)6-12-7-13(11(3)4)9-14(8-12)15-5/h7-10H,6H2,1-5H3. The van der Waals surface area contributed by atoms with Crippen molar-refractivity contribution in [3.8, 4) is 5.75 Å². The molecule has 15 heavy (non-hydrogen) atoms. The Hall–Kier alpha value is -0.980. The monoisotopic (exact) mass is 205 g/mol. The molecule has 0 aliphatic heterocycles. The molecule has 0 amide bonds. The fourth-order valence-electron chi connectivity index (χ4n) is 1.66. The summed E-state index contributed by atoms with van der Waals surface area (Å²) >= 11 is 0. The third-order valence-corrected chi connectivity index (χ3v) is 2.42. The molecule has 0 spiro atoms. The first kappa shape index (κ1) is 12.1. The van der Waals surface area contributed by atoms with Crippen molar-refractivity contribution in [3.63, 3.8) is 0 Å². The van der Waals surface area contributed by atoms with Crippen LogP contribution in [0.2, 0.25) is 0 Å². The largest absolute Gasteiger partial charge is 0.497 e. The van der Waals surface area contributed by atoms with Crippen molar-refractivity contribution >= 4 is 0 Å². The first-order valence-electron chi connectivity index (χ1n) is 5.51. The molecular formula is C14H21O. The highest BCUT2D eigenvalue weighted by atomic mass is 16.5. The third kappa shape index (κ3) is 3.58. The van der Waals surface area contributed by atoms with E-state index in [1.54, 1.807) is 7.11 Å². The van der Waals surface area contributed by atoms with E-state index < -0.39 is 0 Å². The zero-order valence-electron chi connectivity index (χ0n) is 10.4. The lowest BCUT2D eigenvalue weighted by Crippen LogP contribution is -1.98. The fourth-order valence-corrected chi connectivity index (χ4v) is 1.66. The van der Waals surface area contributed by atoms with Crippen LogP contribution in [0.25, 0.3) is 0 Å². The van der Waals surface area contributed by atoms with Gasteiger partial charge in [-0.3, -0.25) is 0 Å². The van der Waals surface area contributed by atoms with Crippen LogP contribution in [-0.2, 0) is 6.42 Å². The van der Waals surface area contributed by atoms with Crippen LogP contribution in [0.4, 0.5) is 0 Å². The first-order chi connectivity index (χ1) is 7.02. The van der Waals surface area contributed by atoms with Crippen molar-refractivity contribution in [1.82, 2.24) is 0 Å². The van der Waals surface area contributed by atoms with Crippen molar-refractivity contribution in [2.45, 2.75) is 34.1 Å². The zero-order chi connectivity index (χ0) is 11.4. The Balaban J connectivity index is 3.00. The van der Waals surface area contributed by atoms with Crippen LogP contribution in [-0.4, -0.2) is 7.11 Å². The van der Waals surface area contributed by atoms with Gasteiger partial charge in [0.15, 0.2) is 0 Å². The third-order valence-electron chi connectivity index (χ3n) is 2.42. The van der Waals surface area contributed by atoms with Crippen LogP contribution in [0.1, 0.15) is 38.8 Å². The molecule has 1 heteroatoms. The molecule has 1 rings (SSSR count). The van der Waals surface area contributed by atoms with Gasteiger partial charge in [-0.25, -0.2) is 0 Å². The first-order valence-corrected chi connectivity index (χ1v) is 5.51. The quantitative estimate of drug-likeness (QED) is 0.725. The minimum absolute atomic E-state index is 0.683. The van der Waals surface area contributed by atoms with E-state index in [0.29, 0.717) is 5.92 Å². The van der Waals surface area contributed by atoms with E-state index in [2.05, 4.69) is 45.9 Å². The van der Waals surface area contributed by atoms with E-state index in [9.17, 15) is 0 Å². The minimum atomic E-state index is 0.683. The molecule has 1 nitrogen and oxygen atoms in total. The Morgan fingerprint density at radius 2 is 1.87 bits per heavy atom. The van der Waals surface area contributed by atoms with Gasteiger partial charge in [-0.05, 0) is 41.5 Å². The summed E-state index contributed by atoms with van der Waals surface area (Å²) in [7, 11) is 1.73. The van der Waals surface area contributed by atoms with Crippen LogP contribution >= 0.6 is 0 Å². The Bertz CT molecular complexity index is 313. The van der Waals surface area contributed by atoms with Gasteiger partial charge in [-0.2, -0.15) is 0 Å². The molecule has 1 radical (unpaired) electrons. The molecule has 83 valence electrons. The molecule has 0 aliphatic carbocycles. The van der Waals surface area contributed by atoms with Gasteiger partial charge in [0.2, 0.25) is 0 Å². The molecule has 0 saturated carbocycles. The van der Waals surface area contributed by atoms with Crippen LogP contribution < -0.4 is 4.74 Å². The molecule has 0 unspecified atom stereocenters. The van der Waals surface area contributed by atoms with E-state index in [4.69, 9.17) is 4.74 Å². The maximum absolute atomic E-state index is 5.31. The molecule has 0 saturated heterocycles. The van der Waals surface area contributed by atoms with Crippen molar-refractivity contribution in [2.24, 2.45) is 5.92 Å². The van der Waals surface area contributed by atoms with E-state index >= 15 is 0 Å². The predicted molar refractivity (Wildman–Crippen MR) is 65.2 cm³/mol. The molecule has 0 aliphatic rings. The molecule has 1 aromatic rings. The lowest BCUT2D eigenvalue weighted by Gasteiger charge is -2.12. The highest BCUT2D eigenvalue weighted by molar-refractivity contribution is 5.40. The summed E-state index contributed by atoms with van der Waals surface area (Å²) in [5, 5.41) is 0. The van der Waals surface area contributed by atoms with Gasteiger partial charge in [0.25, 0.3) is 0 Å². The second kappa shape index (κ2) is 5.20. The van der Waals surface area contributed by atoms with Gasteiger partial charge < -0.3 is 4.74 Å². The molecule has 0 aromatic heterocycles. The Morgan fingerprint density at radius 1 is 1.20 bits per heavy atom. The SMILES string of the molecule is COc1cc(CC(C)C)cc([C](C)C)c1. The Kier molecular flexibility index (Phi) is 4.19. The average molecular weight is 205 g/mol. The van der Waals surface area contributed by atoms with Gasteiger partial charge in [0.05, 0.1) is 7.11 Å². The summed E-state index contributed by atoms with van der Waals surface area (Å²) in [5.41, 5.74) is 2.64. The van der Waals surface area contributed by atoms with Crippen molar-refractivity contribution in [2.75, 3.05) is 7.11 Å². The molecule has 1 aromatic carbocycles. The van der Waals surface area contributed by atoms with E-state index in [0.717, 1.165) is 12.2 Å². The van der Waals surface area contributed by atoms with Crippen LogP contribution in [0, 0.1) is 11.8 Å².